The van der Waals surface area contributed by atoms with Crippen LogP contribution in [-0.4, -0.2) is 11.1 Å². The van der Waals surface area contributed by atoms with Gasteiger partial charge in [0.15, 0.2) is 0 Å². The summed E-state index contributed by atoms with van der Waals surface area (Å²) < 4.78 is 0. The predicted octanol–water partition coefficient (Wildman–Crippen LogP) is 1.08. The molecule has 0 aliphatic heterocycles. The lowest BCUT2D eigenvalue weighted by atomic mass is 10.2. The molecular weight excluding hydrogens is 130 g/mol. The number of carbonyl (C=O) groups is 1. The van der Waals surface area contributed by atoms with Crippen molar-refractivity contribution in [1.82, 2.24) is 0 Å². The predicted molar refractivity (Wildman–Crippen MR) is 34.1 cm³/mol. The van der Waals surface area contributed by atoms with E-state index < -0.39 is 5.97 Å². The van der Waals surface area contributed by atoms with E-state index in [2.05, 4.69) is 0 Å². The summed E-state index contributed by atoms with van der Waals surface area (Å²) in [6, 6.07) is 1.89. The number of carboxylic acid groups (broad SMARTS) is 1. The van der Waals surface area contributed by atoms with Crippen LogP contribution < -0.4 is 0 Å². The highest BCUT2D eigenvalue weighted by molar-refractivity contribution is 5.89. The first-order chi connectivity index (χ1) is 4.75. The van der Waals surface area contributed by atoms with Gasteiger partial charge in [-0.1, -0.05) is 0 Å². The van der Waals surface area contributed by atoms with E-state index in [1.54, 1.807) is 0 Å². The van der Waals surface area contributed by atoms with Crippen molar-refractivity contribution in [3.05, 3.63) is 11.1 Å². The van der Waals surface area contributed by atoms with Gasteiger partial charge in [0.2, 0.25) is 0 Å². The number of hydrogen-bond donors (Lipinski definition) is 1. The highest BCUT2D eigenvalue weighted by atomic mass is 16.4. The fourth-order valence-electron chi connectivity index (χ4n) is 1.10. The summed E-state index contributed by atoms with van der Waals surface area (Å²) >= 11 is 0. The molecule has 0 radical (unpaired) electrons. The topological polar surface area (TPSA) is 61.1 Å². The van der Waals surface area contributed by atoms with Crippen LogP contribution in [0.4, 0.5) is 0 Å². The van der Waals surface area contributed by atoms with Crippen LogP contribution in [0.3, 0.4) is 0 Å². The zero-order valence-electron chi connectivity index (χ0n) is 5.42. The van der Waals surface area contributed by atoms with E-state index >= 15 is 0 Å². The molecule has 0 saturated heterocycles. The van der Waals surface area contributed by atoms with Crippen molar-refractivity contribution < 1.29 is 9.90 Å². The zero-order valence-corrected chi connectivity index (χ0v) is 5.42. The highest BCUT2D eigenvalue weighted by Crippen LogP contribution is 2.24. The fraction of sp³-hybridized carbons (Fsp3) is 0.429. The molecule has 52 valence electrons. The summed E-state index contributed by atoms with van der Waals surface area (Å²) in [7, 11) is 0. The van der Waals surface area contributed by atoms with Crippen LogP contribution in [0.15, 0.2) is 11.1 Å². The Bertz CT molecular complexity index is 234. The Kier molecular flexibility index (Phi) is 1.72. The molecule has 1 N–H and O–H groups in total. The molecule has 0 bridgehead atoms. The maximum Gasteiger partial charge on any atom is 0.332 e. The SMILES string of the molecule is N#CC1=C(C(=O)O)CCC1. The Balaban J connectivity index is 2.91. The molecule has 0 spiro atoms. The van der Waals surface area contributed by atoms with Crippen molar-refractivity contribution in [3.63, 3.8) is 0 Å². The maximum absolute atomic E-state index is 10.4. The van der Waals surface area contributed by atoms with Gasteiger partial charge in [0.1, 0.15) is 0 Å². The lowest BCUT2D eigenvalue weighted by Gasteiger charge is -1.90. The van der Waals surface area contributed by atoms with Crippen LogP contribution >= 0.6 is 0 Å². The van der Waals surface area contributed by atoms with E-state index in [0.29, 0.717) is 24.0 Å². The van der Waals surface area contributed by atoms with Gasteiger partial charge in [-0.3, -0.25) is 0 Å². The van der Waals surface area contributed by atoms with E-state index in [4.69, 9.17) is 10.4 Å². The molecule has 0 atom stereocenters. The second kappa shape index (κ2) is 2.53. The Morgan fingerprint density at radius 2 is 2.30 bits per heavy atom. The van der Waals surface area contributed by atoms with Crippen molar-refractivity contribution >= 4 is 5.97 Å². The van der Waals surface area contributed by atoms with E-state index in [-0.39, 0.29) is 0 Å². The van der Waals surface area contributed by atoms with E-state index in [1.807, 2.05) is 6.07 Å². The Morgan fingerprint density at radius 3 is 2.70 bits per heavy atom. The quantitative estimate of drug-likeness (QED) is 0.588. The second-order valence-electron chi connectivity index (χ2n) is 2.23. The highest BCUT2D eigenvalue weighted by Gasteiger charge is 2.19. The van der Waals surface area contributed by atoms with Crippen molar-refractivity contribution in [3.8, 4) is 6.07 Å². The summed E-state index contributed by atoms with van der Waals surface area (Å²) in [6.07, 6.45) is 2.00. The molecule has 0 amide bonds. The van der Waals surface area contributed by atoms with Crippen LogP contribution in [0.25, 0.3) is 0 Å². The lowest BCUT2D eigenvalue weighted by Crippen LogP contribution is -1.98. The molecule has 0 aromatic heterocycles. The van der Waals surface area contributed by atoms with Gasteiger partial charge in [0.25, 0.3) is 0 Å². The molecule has 1 aliphatic carbocycles. The molecule has 0 aromatic carbocycles. The van der Waals surface area contributed by atoms with Crippen molar-refractivity contribution in [1.29, 1.82) is 5.26 Å². The van der Waals surface area contributed by atoms with Crippen LogP contribution in [0.2, 0.25) is 0 Å². The van der Waals surface area contributed by atoms with Crippen molar-refractivity contribution in [2.75, 3.05) is 0 Å². The molecule has 3 heteroatoms. The summed E-state index contributed by atoms with van der Waals surface area (Å²) in [4.78, 5) is 10.4. The number of nitrogens with zero attached hydrogens (tertiary/aromatic N) is 1. The minimum Gasteiger partial charge on any atom is -0.478 e. The normalized spacial score (nSPS) is 17.1. The monoisotopic (exact) mass is 137 g/mol. The number of nitriles is 1. The third-order valence-corrected chi connectivity index (χ3v) is 1.61. The summed E-state index contributed by atoms with van der Waals surface area (Å²) in [6.45, 7) is 0. The number of rotatable bonds is 1. The van der Waals surface area contributed by atoms with E-state index in [1.165, 1.54) is 0 Å². The molecular formula is C7H7NO2. The molecule has 0 unspecified atom stereocenters. The molecule has 0 heterocycles. The average molecular weight is 137 g/mol. The molecule has 10 heavy (non-hydrogen) atoms. The summed E-state index contributed by atoms with van der Waals surface area (Å²) in [5.41, 5.74) is 0.759. The van der Waals surface area contributed by atoms with E-state index in [0.717, 1.165) is 6.42 Å². The van der Waals surface area contributed by atoms with Gasteiger partial charge < -0.3 is 5.11 Å². The van der Waals surface area contributed by atoms with Gasteiger partial charge in [0, 0.05) is 5.57 Å². The van der Waals surface area contributed by atoms with Gasteiger partial charge in [0.05, 0.1) is 11.6 Å². The van der Waals surface area contributed by atoms with Crippen molar-refractivity contribution in [2.24, 2.45) is 0 Å². The first-order valence-corrected chi connectivity index (χ1v) is 3.11. The molecule has 0 fully saturated rings. The van der Waals surface area contributed by atoms with Gasteiger partial charge >= 0.3 is 5.97 Å². The number of aliphatic carboxylic acids is 1. The van der Waals surface area contributed by atoms with Crippen LogP contribution in [0.5, 0.6) is 0 Å². The second-order valence-corrected chi connectivity index (χ2v) is 2.23. The van der Waals surface area contributed by atoms with Gasteiger partial charge in [-0.25, -0.2) is 4.79 Å². The molecule has 1 rings (SSSR count). The van der Waals surface area contributed by atoms with Crippen LogP contribution in [0, 0.1) is 11.3 Å². The Labute approximate surface area is 58.6 Å². The minimum atomic E-state index is -0.936. The Morgan fingerprint density at radius 1 is 1.60 bits per heavy atom. The van der Waals surface area contributed by atoms with Gasteiger partial charge in [-0.05, 0) is 19.3 Å². The van der Waals surface area contributed by atoms with Crippen molar-refractivity contribution in [2.45, 2.75) is 19.3 Å². The smallest absolute Gasteiger partial charge is 0.332 e. The molecule has 0 saturated carbocycles. The lowest BCUT2D eigenvalue weighted by molar-refractivity contribution is -0.132. The van der Waals surface area contributed by atoms with Crippen LogP contribution in [0.1, 0.15) is 19.3 Å². The largest absolute Gasteiger partial charge is 0.478 e. The molecule has 0 aromatic rings. The van der Waals surface area contributed by atoms with Crippen LogP contribution in [-0.2, 0) is 4.79 Å². The number of carboxylic acids is 1. The van der Waals surface area contributed by atoms with E-state index in [9.17, 15) is 4.79 Å². The summed E-state index contributed by atoms with van der Waals surface area (Å²) in [5, 5.41) is 16.9. The zero-order chi connectivity index (χ0) is 7.56. The fourth-order valence-corrected chi connectivity index (χ4v) is 1.10. The van der Waals surface area contributed by atoms with Gasteiger partial charge in [-0.2, -0.15) is 5.26 Å². The number of allylic oxidation sites excluding steroid dienone is 1. The first kappa shape index (κ1) is 6.81. The Hall–Kier alpha value is -1.30. The maximum atomic E-state index is 10.4. The molecule has 1 aliphatic rings. The summed E-state index contributed by atoms with van der Waals surface area (Å²) in [5.74, 6) is -0.936. The number of hydrogen-bond acceptors (Lipinski definition) is 2. The average Bonchev–Trinajstić information content (AvgIpc) is 2.33. The minimum absolute atomic E-state index is 0.308. The standard InChI is InChI=1S/C7H7NO2/c8-4-5-2-1-3-6(5)7(9)10/h1-3H2,(H,9,10). The molecule has 3 nitrogen and oxygen atoms in total. The third-order valence-electron chi connectivity index (χ3n) is 1.61. The third kappa shape index (κ3) is 1.01. The van der Waals surface area contributed by atoms with Gasteiger partial charge in [-0.15, -0.1) is 0 Å². The first-order valence-electron chi connectivity index (χ1n) is 3.11.